The largest absolute Gasteiger partial charge is 0.455 e. The number of hydrogen-bond donors (Lipinski definition) is 0. The summed E-state index contributed by atoms with van der Waals surface area (Å²) in [7, 11) is 0. The van der Waals surface area contributed by atoms with Gasteiger partial charge in [-0.3, -0.25) is 0 Å². The summed E-state index contributed by atoms with van der Waals surface area (Å²) in [5.41, 5.74) is 9.71. The fourth-order valence-corrected chi connectivity index (χ4v) is 11.2. The molecule has 0 amide bonds. The number of thiophene rings is 1. The van der Waals surface area contributed by atoms with Crippen molar-refractivity contribution < 1.29 is 4.42 Å². The van der Waals surface area contributed by atoms with Crippen LogP contribution in [0.15, 0.2) is 211 Å². The first-order chi connectivity index (χ1) is 32.2. The summed E-state index contributed by atoms with van der Waals surface area (Å²) in [6.45, 7) is 0. The summed E-state index contributed by atoms with van der Waals surface area (Å²) >= 11 is 1.77. The van der Waals surface area contributed by atoms with Crippen molar-refractivity contribution in [3.05, 3.63) is 206 Å². The van der Waals surface area contributed by atoms with Crippen LogP contribution in [0, 0.1) is 0 Å². The number of hydrogen-bond acceptors (Lipinski definition) is 5. The van der Waals surface area contributed by atoms with Crippen molar-refractivity contribution >= 4 is 96.8 Å². The lowest BCUT2D eigenvalue weighted by molar-refractivity contribution is 0.669. The zero-order valence-corrected chi connectivity index (χ0v) is 35.6. The van der Waals surface area contributed by atoms with Gasteiger partial charge in [-0.2, -0.15) is 0 Å². The fourth-order valence-electron chi connectivity index (χ4n) is 9.97. The van der Waals surface area contributed by atoms with Crippen molar-refractivity contribution in [1.82, 2.24) is 19.5 Å². The number of aromatic nitrogens is 4. The van der Waals surface area contributed by atoms with E-state index in [0.29, 0.717) is 17.5 Å². The van der Waals surface area contributed by atoms with E-state index in [1.165, 1.54) is 37.0 Å². The molecule has 0 spiro atoms. The van der Waals surface area contributed by atoms with Crippen molar-refractivity contribution in [2.45, 2.75) is 0 Å². The van der Waals surface area contributed by atoms with Crippen molar-refractivity contribution in [3.63, 3.8) is 0 Å². The molecule has 302 valence electrons. The number of furan rings is 1. The molecule has 14 aromatic rings. The number of rotatable bonds is 5. The third-order valence-corrected chi connectivity index (χ3v) is 14.2. The van der Waals surface area contributed by atoms with Crippen LogP contribution < -0.4 is 0 Å². The van der Waals surface area contributed by atoms with Crippen molar-refractivity contribution in [3.8, 4) is 51.0 Å². The molecule has 4 aromatic heterocycles. The fraction of sp³-hybridized carbons (Fsp3) is 0. The van der Waals surface area contributed by atoms with E-state index in [4.69, 9.17) is 19.4 Å². The van der Waals surface area contributed by atoms with E-state index < -0.39 is 0 Å². The Hall–Kier alpha value is -8.45. The van der Waals surface area contributed by atoms with Crippen LogP contribution in [0.5, 0.6) is 0 Å². The third-order valence-electron chi connectivity index (χ3n) is 13.0. The lowest BCUT2D eigenvalue weighted by Gasteiger charge is -2.13. The molecular formula is C59H34N4OS. The van der Waals surface area contributed by atoms with E-state index >= 15 is 0 Å². The highest BCUT2D eigenvalue weighted by Gasteiger charge is 2.24. The van der Waals surface area contributed by atoms with Gasteiger partial charge in [0, 0.05) is 58.5 Å². The van der Waals surface area contributed by atoms with Crippen LogP contribution >= 0.6 is 11.3 Å². The van der Waals surface area contributed by atoms with Gasteiger partial charge in [0.15, 0.2) is 17.5 Å². The zero-order chi connectivity index (χ0) is 42.6. The maximum Gasteiger partial charge on any atom is 0.167 e. The normalized spacial score (nSPS) is 12.0. The summed E-state index contributed by atoms with van der Waals surface area (Å²) < 4.78 is 11.8. The van der Waals surface area contributed by atoms with Crippen LogP contribution in [0.1, 0.15) is 0 Å². The molecule has 0 aliphatic rings. The Bertz CT molecular complexity index is 4240. The van der Waals surface area contributed by atoms with E-state index in [9.17, 15) is 0 Å². The molecule has 65 heavy (non-hydrogen) atoms. The van der Waals surface area contributed by atoms with Crippen LogP contribution in [0.4, 0.5) is 0 Å². The molecule has 0 aliphatic heterocycles. The number of benzene rings is 10. The van der Waals surface area contributed by atoms with E-state index in [2.05, 4.69) is 205 Å². The highest BCUT2D eigenvalue weighted by molar-refractivity contribution is 7.26. The molecule has 5 nitrogen and oxygen atoms in total. The molecule has 0 atom stereocenters. The van der Waals surface area contributed by atoms with Crippen LogP contribution in [-0.4, -0.2) is 19.5 Å². The lowest BCUT2D eigenvalue weighted by Crippen LogP contribution is -2.02. The van der Waals surface area contributed by atoms with Crippen molar-refractivity contribution in [2.24, 2.45) is 0 Å². The number of nitrogens with zero attached hydrogens (tertiary/aromatic N) is 4. The van der Waals surface area contributed by atoms with Crippen LogP contribution in [0.25, 0.3) is 136 Å². The molecule has 4 heterocycles. The molecule has 0 bridgehead atoms. The molecule has 0 radical (unpaired) electrons. The zero-order valence-electron chi connectivity index (χ0n) is 34.7. The maximum absolute atomic E-state index is 7.01. The van der Waals surface area contributed by atoms with Crippen LogP contribution in [0.3, 0.4) is 0 Å². The van der Waals surface area contributed by atoms with Gasteiger partial charge in [-0.05, 0) is 81.2 Å². The summed E-state index contributed by atoms with van der Waals surface area (Å²) in [4.78, 5) is 16.2. The minimum atomic E-state index is 0.539. The van der Waals surface area contributed by atoms with Gasteiger partial charge in [0.05, 0.1) is 16.6 Å². The second-order valence-corrected chi connectivity index (χ2v) is 17.8. The van der Waals surface area contributed by atoms with Gasteiger partial charge < -0.3 is 8.98 Å². The Morgan fingerprint density at radius 1 is 0.385 bits per heavy atom. The molecule has 0 aliphatic carbocycles. The summed E-state index contributed by atoms with van der Waals surface area (Å²) in [5, 5.41) is 11.5. The number of fused-ring (bicyclic) bond motifs is 12. The first-order valence-corrected chi connectivity index (χ1v) is 22.7. The second-order valence-electron chi connectivity index (χ2n) is 16.7. The second kappa shape index (κ2) is 14.0. The average Bonchev–Trinajstić information content (AvgIpc) is 4.05. The Morgan fingerprint density at radius 3 is 1.88 bits per heavy atom. The first kappa shape index (κ1) is 36.1. The van der Waals surface area contributed by atoms with Crippen LogP contribution in [0.2, 0.25) is 0 Å². The molecule has 0 saturated carbocycles. The average molecular weight is 847 g/mol. The molecule has 6 heteroatoms. The highest BCUT2D eigenvalue weighted by Crippen LogP contribution is 2.44. The molecule has 10 aromatic carbocycles. The molecule has 0 saturated heterocycles. The minimum Gasteiger partial charge on any atom is -0.455 e. The highest BCUT2D eigenvalue weighted by atomic mass is 32.1. The van der Waals surface area contributed by atoms with E-state index in [1.807, 2.05) is 6.07 Å². The van der Waals surface area contributed by atoms with Crippen molar-refractivity contribution in [2.75, 3.05) is 0 Å². The quantitative estimate of drug-likeness (QED) is 0.173. The molecule has 0 N–H and O–H groups in total. The summed E-state index contributed by atoms with van der Waals surface area (Å²) in [6.07, 6.45) is 0. The van der Waals surface area contributed by atoms with Gasteiger partial charge in [0.2, 0.25) is 0 Å². The molecule has 0 fully saturated rings. The van der Waals surface area contributed by atoms with Crippen LogP contribution in [-0.2, 0) is 0 Å². The predicted octanol–water partition coefficient (Wildman–Crippen LogP) is 16.2. The predicted molar refractivity (Wildman–Crippen MR) is 271 cm³/mol. The van der Waals surface area contributed by atoms with Gasteiger partial charge in [-0.1, -0.05) is 158 Å². The Labute approximate surface area is 376 Å². The van der Waals surface area contributed by atoms with Gasteiger partial charge in [0.25, 0.3) is 0 Å². The first-order valence-electron chi connectivity index (χ1n) is 21.8. The summed E-state index contributed by atoms with van der Waals surface area (Å²) in [6, 6.07) is 73.3. The minimum absolute atomic E-state index is 0.539. The summed E-state index contributed by atoms with van der Waals surface area (Å²) in [5.74, 6) is 1.74. The van der Waals surface area contributed by atoms with E-state index in [0.717, 1.165) is 81.9 Å². The molecule has 0 unspecified atom stereocenters. The van der Waals surface area contributed by atoms with Gasteiger partial charge in [-0.15, -0.1) is 11.3 Å². The standard InChI is InChI=1S/C59H34N4OS/c1-2-13-35(14-3-1)36-25-27-38(28-26-36)57-60-58(46-22-12-21-45-44-20-9-11-24-53(44)65-56(45)46)62-59(61-57)49-34-41(33-48-54-42-18-7-6-15-37(42)29-30-52(54)64-55(48)49)63-50-23-10-8-19-43(50)47-31-39-16-4-5-17-40(39)32-51(47)63/h1-34H. The van der Waals surface area contributed by atoms with Gasteiger partial charge >= 0.3 is 0 Å². The maximum atomic E-state index is 7.01. The lowest BCUT2D eigenvalue weighted by atomic mass is 10.0. The SMILES string of the molecule is c1ccc(-c2ccc(-c3nc(-c4cc(-n5c6ccccc6c6cc7ccccc7cc65)cc5c4oc4ccc6ccccc6c45)nc(-c4cccc5c4sc4ccccc45)n3)cc2)cc1. The van der Waals surface area contributed by atoms with E-state index in [1.54, 1.807) is 11.3 Å². The Kier molecular flexibility index (Phi) is 7.79. The Balaban J connectivity index is 1.09. The smallest absolute Gasteiger partial charge is 0.167 e. The Morgan fingerprint density at radius 2 is 1.03 bits per heavy atom. The van der Waals surface area contributed by atoms with Gasteiger partial charge in [-0.25, -0.2) is 15.0 Å². The van der Waals surface area contributed by atoms with Crippen molar-refractivity contribution in [1.29, 1.82) is 0 Å². The van der Waals surface area contributed by atoms with Gasteiger partial charge in [0.1, 0.15) is 11.2 Å². The number of para-hydroxylation sites is 1. The molecule has 14 rings (SSSR count). The topological polar surface area (TPSA) is 56.7 Å². The molecular weight excluding hydrogens is 813 g/mol. The monoisotopic (exact) mass is 846 g/mol. The third kappa shape index (κ3) is 5.61. The van der Waals surface area contributed by atoms with E-state index in [-0.39, 0.29) is 0 Å².